The minimum absolute atomic E-state index is 0.0741. The Kier molecular flexibility index (Phi) is 5.55. The summed E-state index contributed by atoms with van der Waals surface area (Å²) in [7, 11) is 0. The second-order valence-electron chi connectivity index (χ2n) is 8.47. The number of carbonyl (C=O) groups excluding carboxylic acids is 2. The van der Waals surface area contributed by atoms with Crippen LogP contribution in [-0.2, 0) is 4.79 Å². The minimum Gasteiger partial charge on any atom is -0.485 e. The third kappa shape index (κ3) is 3.73. The summed E-state index contributed by atoms with van der Waals surface area (Å²) in [5, 5.41) is 3.52. The Hall–Kier alpha value is -1.75. The van der Waals surface area contributed by atoms with Crippen molar-refractivity contribution < 1.29 is 14.3 Å². The molecule has 152 valence electrons. The largest absolute Gasteiger partial charge is 0.485 e. The fourth-order valence-electron chi connectivity index (χ4n) is 4.99. The molecule has 1 aromatic rings. The molecule has 1 spiro atoms. The molecular weight excluding hydrogens is 376 g/mol. The molecule has 2 aliphatic heterocycles. The van der Waals surface area contributed by atoms with Crippen LogP contribution in [0.5, 0.6) is 5.75 Å². The number of amides is 2. The number of hydrogen-bond acceptors (Lipinski definition) is 3. The van der Waals surface area contributed by atoms with Gasteiger partial charge in [-0.25, -0.2) is 0 Å². The molecule has 2 fully saturated rings. The van der Waals surface area contributed by atoms with E-state index < -0.39 is 5.60 Å². The van der Waals surface area contributed by atoms with Crippen LogP contribution in [0.25, 0.3) is 0 Å². The molecule has 0 aromatic heterocycles. The molecule has 1 atom stereocenters. The van der Waals surface area contributed by atoms with Crippen LogP contribution in [0.3, 0.4) is 0 Å². The van der Waals surface area contributed by atoms with Crippen molar-refractivity contribution >= 4 is 23.4 Å². The van der Waals surface area contributed by atoms with Gasteiger partial charge in [0, 0.05) is 23.5 Å². The molecule has 1 unspecified atom stereocenters. The van der Waals surface area contributed by atoms with Gasteiger partial charge in [0.25, 0.3) is 5.91 Å². The molecule has 2 amide bonds. The zero-order valence-corrected chi connectivity index (χ0v) is 17.3. The molecular formula is C22H29ClN2O3. The van der Waals surface area contributed by atoms with Crippen LogP contribution >= 0.6 is 11.6 Å². The van der Waals surface area contributed by atoms with E-state index in [-0.39, 0.29) is 11.8 Å². The van der Waals surface area contributed by atoms with E-state index in [1.54, 1.807) is 18.2 Å². The van der Waals surface area contributed by atoms with Gasteiger partial charge in [0.1, 0.15) is 11.4 Å². The number of likely N-dealkylation sites (tertiary alicyclic amines) is 1. The number of hydrogen-bond donors (Lipinski definition) is 1. The summed E-state index contributed by atoms with van der Waals surface area (Å²) in [6.45, 7) is 3.55. The Morgan fingerprint density at radius 3 is 2.82 bits per heavy atom. The highest BCUT2D eigenvalue weighted by Gasteiger charge is 2.43. The summed E-state index contributed by atoms with van der Waals surface area (Å²) in [5.41, 5.74) is 0.0547. The number of piperidine rings is 1. The summed E-state index contributed by atoms with van der Waals surface area (Å²) in [4.78, 5) is 27.7. The molecule has 5 nitrogen and oxygen atoms in total. The monoisotopic (exact) mass is 404 g/mol. The van der Waals surface area contributed by atoms with Crippen molar-refractivity contribution in [2.75, 3.05) is 13.1 Å². The third-order valence-electron chi connectivity index (χ3n) is 6.71. The van der Waals surface area contributed by atoms with Gasteiger partial charge >= 0.3 is 0 Å². The van der Waals surface area contributed by atoms with Gasteiger partial charge in [-0.3, -0.25) is 9.59 Å². The molecule has 3 aliphatic rings. The summed E-state index contributed by atoms with van der Waals surface area (Å²) < 4.78 is 6.36. The average molecular weight is 405 g/mol. The van der Waals surface area contributed by atoms with Gasteiger partial charge in [0.05, 0.1) is 12.1 Å². The van der Waals surface area contributed by atoms with Crippen molar-refractivity contribution in [3.63, 3.8) is 0 Å². The molecule has 1 saturated heterocycles. The van der Waals surface area contributed by atoms with Gasteiger partial charge in [-0.2, -0.15) is 0 Å². The van der Waals surface area contributed by atoms with Crippen LogP contribution < -0.4 is 10.1 Å². The number of halogens is 1. The Labute approximate surface area is 171 Å². The van der Waals surface area contributed by atoms with Crippen molar-refractivity contribution in [3.8, 4) is 5.75 Å². The van der Waals surface area contributed by atoms with Gasteiger partial charge < -0.3 is 15.0 Å². The van der Waals surface area contributed by atoms with Gasteiger partial charge in [0.2, 0.25) is 5.91 Å². The van der Waals surface area contributed by atoms with Crippen molar-refractivity contribution in [2.45, 2.75) is 69.9 Å². The molecule has 1 saturated carbocycles. The normalized spacial score (nSPS) is 30.2. The lowest BCUT2D eigenvalue weighted by atomic mass is 9.77. The topological polar surface area (TPSA) is 58.6 Å². The fourth-order valence-corrected chi connectivity index (χ4v) is 5.17. The van der Waals surface area contributed by atoms with E-state index in [0.29, 0.717) is 34.8 Å². The second-order valence-corrected chi connectivity index (χ2v) is 8.91. The van der Waals surface area contributed by atoms with Crippen molar-refractivity contribution in [2.24, 2.45) is 5.92 Å². The Balaban J connectivity index is 1.45. The van der Waals surface area contributed by atoms with Crippen LogP contribution in [0.2, 0.25) is 5.02 Å². The summed E-state index contributed by atoms with van der Waals surface area (Å²) >= 11 is 6.05. The SMILES string of the molecule is CCC1CCCCN1C(=O)C1CCC2(CC1)CNC(=O)c1cc(Cl)ccc1O2. The first-order chi connectivity index (χ1) is 13.5. The number of fused-ring (bicyclic) bond motifs is 1. The smallest absolute Gasteiger partial charge is 0.255 e. The lowest BCUT2D eigenvalue weighted by Gasteiger charge is -2.42. The maximum absolute atomic E-state index is 13.2. The summed E-state index contributed by atoms with van der Waals surface area (Å²) in [6.07, 6.45) is 7.69. The van der Waals surface area contributed by atoms with E-state index in [2.05, 4.69) is 17.1 Å². The zero-order valence-electron chi connectivity index (χ0n) is 16.5. The van der Waals surface area contributed by atoms with Crippen LogP contribution in [0.4, 0.5) is 0 Å². The first-order valence-corrected chi connectivity index (χ1v) is 11.0. The van der Waals surface area contributed by atoms with Crippen LogP contribution in [-0.4, -0.2) is 41.4 Å². The van der Waals surface area contributed by atoms with Crippen molar-refractivity contribution in [1.82, 2.24) is 10.2 Å². The highest BCUT2D eigenvalue weighted by Crippen LogP contribution is 2.40. The van der Waals surface area contributed by atoms with Gasteiger partial charge in [-0.1, -0.05) is 18.5 Å². The highest BCUT2D eigenvalue weighted by molar-refractivity contribution is 6.31. The summed E-state index contributed by atoms with van der Waals surface area (Å²) in [5.74, 6) is 0.842. The Morgan fingerprint density at radius 2 is 2.07 bits per heavy atom. The lowest BCUT2D eigenvalue weighted by molar-refractivity contribution is -0.142. The van der Waals surface area contributed by atoms with Gasteiger partial charge in [-0.05, 0) is 69.6 Å². The van der Waals surface area contributed by atoms with Crippen molar-refractivity contribution in [1.29, 1.82) is 0 Å². The van der Waals surface area contributed by atoms with Crippen LogP contribution in [0.1, 0.15) is 68.6 Å². The predicted octanol–water partition coefficient (Wildman–Crippen LogP) is 4.18. The zero-order chi connectivity index (χ0) is 19.7. The summed E-state index contributed by atoms with van der Waals surface area (Å²) in [6, 6.07) is 5.59. The molecule has 4 rings (SSSR count). The molecule has 28 heavy (non-hydrogen) atoms. The number of benzene rings is 1. The molecule has 2 heterocycles. The van der Waals surface area contributed by atoms with Crippen LogP contribution in [0.15, 0.2) is 18.2 Å². The quantitative estimate of drug-likeness (QED) is 0.804. The predicted molar refractivity (Wildman–Crippen MR) is 109 cm³/mol. The molecule has 6 heteroatoms. The Bertz CT molecular complexity index is 758. The molecule has 0 radical (unpaired) electrons. The van der Waals surface area contributed by atoms with E-state index in [1.807, 2.05) is 0 Å². The number of rotatable bonds is 2. The number of nitrogens with one attached hydrogen (secondary N) is 1. The average Bonchev–Trinajstić information content (AvgIpc) is 2.85. The first kappa shape index (κ1) is 19.6. The lowest BCUT2D eigenvalue weighted by Crippen LogP contribution is -2.51. The van der Waals surface area contributed by atoms with E-state index >= 15 is 0 Å². The number of nitrogens with zero attached hydrogens (tertiary/aromatic N) is 1. The second kappa shape index (κ2) is 7.94. The van der Waals surface area contributed by atoms with Gasteiger partial charge in [0.15, 0.2) is 0 Å². The number of ether oxygens (including phenoxy) is 1. The highest BCUT2D eigenvalue weighted by atomic mass is 35.5. The first-order valence-electron chi connectivity index (χ1n) is 10.6. The Morgan fingerprint density at radius 1 is 1.29 bits per heavy atom. The minimum atomic E-state index is -0.433. The molecule has 1 aliphatic carbocycles. The van der Waals surface area contributed by atoms with E-state index in [9.17, 15) is 9.59 Å². The third-order valence-corrected chi connectivity index (χ3v) is 6.95. The van der Waals surface area contributed by atoms with E-state index in [4.69, 9.17) is 16.3 Å². The maximum atomic E-state index is 13.2. The van der Waals surface area contributed by atoms with Crippen molar-refractivity contribution in [3.05, 3.63) is 28.8 Å². The van der Waals surface area contributed by atoms with E-state index in [1.165, 1.54) is 6.42 Å². The number of carbonyl (C=O) groups is 2. The molecule has 1 aromatic carbocycles. The standard InChI is InChI=1S/C22H29ClN2O3/c1-2-17-5-3-4-12-25(17)21(27)15-8-10-22(11-9-15)14-24-20(26)18-13-16(23)6-7-19(18)28-22/h6-7,13,15,17H,2-5,8-12,14H2,1H3,(H,24,26). The molecule has 0 bridgehead atoms. The molecule has 1 N–H and O–H groups in total. The van der Waals surface area contributed by atoms with Gasteiger partial charge in [-0.15, -0.1) is 0 Å². The van der Waals surface area contributed by atoms with Crippen LogP contribution in [0, 0.1) is 5.92 Å². The maximum Gasteiger partial charge on any atom is 0.255 e. The fraction of sp³-hybridized carbons (Fsp3) is 0.636. The van der Waals surface area contributed by atoms with E-state index in [0.717, 1.165) is 51.5 Å².